The van der Waals surface area contributed by atoms with Gasteiger partial charge in [-0.15, -0.1) is 13.2 Å². The molecule has 2 aliphatic heterocycles. The summed E-state index contributed by atoms with van der Waals surface area (Å²) in [6, 6.07) is 0. The van der Waals surface area contributed by atoms with E-state index in [1.165, 1.54) is 17.7 Å². The van der Waals surface area contributed by atoms with Gasteiger partial charge in [-0.25, -0.2) is 9.59 Å². The van der Waals surface area contributed by atoms with Crippen molar-refractivity contribution in [3.05, 3.63) is 25.3 Å². The molecule has 0 saturated carbocycles. The van der Waals surface area contributed by atoms with Crippen LogP contribution in [0.1, 0.15) is 100 Å². The highest BCUT2D eigenvalue weighted by molar-refractivity contribution is 9.09. The van der Waals surface area contributed by atoms with Gasteiger partial charge in [-0.2, -0.15) is 0 Å². The minimum Gasteiger partial charge on any atom is -0.444 e. The number of aliphatic hydroxyl groups is 1. The normalized spacial score (nSPS) is 18.4. The third-order valence-corrected chi connectivity index (χ3v) is 6.12. The van der Waals surface area contributed by atoms with Gasteiger partial charge in [-0.05, 0) is 92.9 Å². The lowest BCUT2D eigenvalue weighted by molar-refractivity contribution is 0.0206. The van der Waals surface area contributed by atoms with Gasteiger partial charge in [0.15, 0.2) is 0 Å². The van der Waals surface area contributed by atoms with E-state index in [-0.39, 0.29) is 31.8 Å². The number of halogens is 1. The van der Waals surface area contributed by atoms with Gasteiger partial charge in [0, 0.05) is 31.6 Å². The lowest BCUT2D eigenvalue weighted by atomic mass is 10.2. The topological polar surface area (TPSA) is 88.5 Å². The monoisotopic (exact) mass is 634 g/mol. The maximum Gasteiger partial charge on any atom is 0.410 e. The first-order valence-corrected chi connectivity index (χ1v) is 15.4. The molecule has 2 atom stereocenters. The highest BCUT2D eigenvalue weighted by Gasteiger charge is 2.30. The second-order valence-corrected chi connectivity index (χ2v) is 12.6. The summed E-state index contributed by atoms with van der Waals surface area (Å²) in [4.78, 5) is 26.5. The number of carbonyl (C=O) groups excluding carboxylic acids is 2. The molecule has 2 heterocycles. The Morgan fingerprint density at radius 3 is 1.75 bits per heavy atom. The first-order chi connectivity index (χ1) is 18.2. The van der Waals surface area contributed by atoms with Crippen molar-refractivity contribution in [3.8, 4) is 0 Å². The van der Waals surface area contributed by atoms with Gasteiger partial charge in [0.25, 0.3) is 0 Å². The molecule has 0 spiro atoms. The molecule has 0 bridgehead atoms. The van der Waals surface area contributed by atoms with E-state index in [4.69, 9.17) is 14.2 Å². The van der Waals surface area contributed by atoms with Crippen LogP contribution >= 0.6 is 15.9 Å². The Balaban J connectivity index is 0. The van der Waals surface area contributed by atoms with Crippen LogP contribution < -0.4 is 0 Å². The lowest BCUT2D eigenvalue weighted by Crippen LogP contribution is -2.36. The average Bonchev–Trinajstić information content (AvgIpc) is 3.47. The van der Waals surface area contributed by atoms with E-state index >= 15 is 0 Å². The molecular formula is C31H59BrN2O6. The number of unbranched alkanes of at least 4 members (excludes halogenated alkanes) is 4. The van der Waals surface area contributed by atoms with Gasteiger partial charge in [0.1, 0.15) is 11.2 Å². The highest BCUT2D eigenvalue weighted by atomic mass is 79.9. The van der Waals surface area contributed by atoms with Crippen molar-refractivity contribution in [2.24, 2.45) is 0 Å². The molecule has 2 rings (SSSR count). The van der Waals surface area contributed by atoms with Gasteiger partial charge < -0.3 is 29.1 Å². The van der Waals surface area contributed by atoms with Crippen molar-refractivity contribution in [2.45, 2.75) is 124 Å². The number of rotatable bonds is 10. The molecule has 0 aromatic heterocycles. The van der Waals surface area contributed by atoms with Crippen LogP contribution in [0, 0.1) is 0 Å². The number of aliphatic hydroxyl groups excluding tert-OH is 1. The van der Waals surface area contributed by atoms with Crippen LogP contribution in [0.5, 0.6) is 0 Å². The van der Waals surface area contributed by atoms with Gasteiger partial charge >= 0.3 is 12.2 Å². The van der Waals surface area contributed by atoms with E-state index in [2.05, 4.69) is 29.1 Å². The summed E-state index contributed by atoms with van der Waals surface area (Å²) in [5.41, 5.74) is -0.884. The first-order valence-electron chi connectivity index (χ1n) is 14.3. The van der Waals surface area contributed by atoms with Crippen LogP contribution in [0.3, 0.4) is 0 Å². The average molecular weight is 636 g/mol. The summed E-state index contributed by atoms with van der Waals surface area (Å²) in [6.45, 7) is 21.6. The lowest BCUT2D eigenvalue weighted by Gasteiger charge is -2.24. The van der Waals surface area contributed by atoms with Crippen LogP contribution in [-0.2, 0) is 14.2 Å². The molecular weight excluding hydrogens is 576 g/mol. The molecule has 0 unspecified atom stereocenters. The molecule has 236 valence electrons. The third kappa shape index (κ3) is 22.1. The number of carbonyl (C=O) groups is 2. The molecule has 0 radical (unpaired) electrons. The number of amides is 2. The number of alkyl halides is 1. The molecule has 2 aliphatic rings. The second-order valence-electron chi connectivity index (χ2n) is 11.8. The number of β-amino-alcohol motifs (C(OH)–C–C–N with tert-alkyl or cyclic N) is 1. The summed E-state index contributed by atoms with van der Waals surface area (Å²) in [5.74, 6) is 0. The zero-order chi connectivity index (χ0) is 29.9. The number of ether oxygens (including phenoxy) is 3. The summed E-state index contributed by atoms with van der Waals surface area (Å²) in [7, 11) is 0. The van der Waals surface area contributed by atoms with Crippen molar-refractivity contribution in [1.29, 1.82) is 0 Å². The molecule has 0 aromatic rings. The fourth-order valence-corrected chi connectivity index (χ4v) is 4.01. The van der Waals surface area contributed by atoms with Crippen LogP contribution in [0.25, 0.3) is 0 Å². The highest BCUT2D eigenvalue weighted by Crippen LogP contribution is 2.18. The Bertz CT molecular complexity index is 705. The third-order valence-electron chi connectivity index (χ3n) is 5.56. The van der Waals surface area contributed by atoms with Crippen molar-refractivity contribution in [2.75, 3.05) is 38.1 Å². The van der Waals surface area contributed by atoms with Crippen LogP contribution in [0.4, 0.5) is 9.59 Å². The van der Waals surface area contributed by atoms with Crippen LogP contribution in [0.2, 0.25) is 0 Å². The predicted molar refractivity (Wildman–Crippen MR) is 169 cm³/mol. The number of hydrogen-bond donors (Lipinski definition) is 1. The fourth-order valence-electron chi connectivity index (χ4n) is 3.61. The molecule has 8 nitrogen and oxygen atoms in total. The van der Waals surface area contributed by atoms with E-state index in [9.17, 15) is 14.7 Å². The van der Waals surface area contributed by atoms with E-state index in [1.54, 1.807) is 4.90 Å². The van der Waals surface area contributed by atoms with Crippen molar-refractivity contribution < 1.29 is 28.9 Å². The zero-order valence-electron chi connectivity index (χ0n) is 25.4. The molecule has 40 heavy (non-hydrogen) atoms. The van der Waals surface area contributed by atoms with Crippen molar-refractivity contribution in [1.82, 2.24) is 9.80 Å². The van der Waals surface area contributed by atoms with Gasteiger partial charge in [-0.3, -0.25) is 0 Å². The minimum atomic E-state index is -0.454. The van der Waals surface area contributed by atoms with E-state index in [0.29, 0.717) is 26.1 Å². The SMILES string of the molecule is C.C=CCCCCBr.C=CCCCCO[C@@H]1CCN(C(=O)OC(C)(C)C)C1.CC(C)(C)OC(=O)N1CC[C@@H](O)C1. The number of likely N-dealkylation sites (tertiary alicyclic amines) is 2. The molecule has 2 amide bonds. The second kappa shape index (κ2) is 22.1. The molecule has 0 aromatic carbocycles. The Kier molecular flexibility index (Phi) is 22.4. The maximum absolute atomic E-state index is 11.9. The van der Waals surface area contributed by atoms with Gasteiger partial charge in [0.05, 0.1) is 18.8 Å². The molecule has 2 fully saturated rings. The number of hydrogen-bond acceptors (Lipinski definition) is 6. The smallest absolute Gasteiger partial charge is 0.410 e. The predicted octanol–water partition coefficient (Wildman–Crippen LogP) is 7.73. The molecule has 2 saturated heterocycles. The van der Waals surface area contributed by atoms with Crippen LogP contribution in [0.15, 0.2) is 25.3 Å². The summed E-state index contributed by atoms with van der Waals surface area (Å²) < 4.78 is 16.3. The Morgan fingerprint density at radius 1 is 0.850 bits per heavy atom. The minimum absolute atomic E-state index is 0. The van der Waals surface area contributed by atoms with E-state index in [1.807, 2.05) is 53.7 Å². The quantitative estimate of drug-likeness (QED) is 0.150. The molecule has 1 N–H and O–H groups in total. The zero-order valence-corrected chi connectivity index (χ0v) is 27.0. The Hall–Kier alpha value is -1.58. The summed E-state index contributed by atoms with van der Waals surface area (Å²) in [6.07, 6.45) is 11.6. The van der Waals surface area contributed by atoms with E-state index in [0.717, 1.165) is 50.6 Å². The standard InChI is InChI=1S/C15H27NO3.C9H17NO3.C6H11Br.CH4/c1-5-6-7-8-11-18-13-9-10-16(12-13)14(17)19-15(2,3)4;1-9(2,3)13-8(12)10-5-4-7(11)6-10;1-2-3-4-5-6-7;/h5,13H,1,6-12H2,2-4H3;7,11H,4-6H2,1-3H3;2H,1,3-6H2;1H4/t13-;7-;;/m11../s1. The fraction of sp³-hybridized carbons (Fsp3) is 0.806. The van der Waals surface area contributed by atoms with Crippen molar-refractivity contribution >= 4 is 28.1 Å². The summed E-state index contributed by atoms with van der Waals surface area (Å²) in [5, 5.41) is 10.3. The van der Waals surface area contributed by atoms with Gasteiger partial charge in [0.2, 0.25) is 0 Å². The van der Waals surface area contributed by atoms with E-state index < -0.39 is 11.2 Å². The molecule has 9 heteroatoms. The Labute approximate surface area is 253 Å². The van der Waals surface area contributed by atoms with Crippen molar-refractivity contribution in [3.63, 3.8) is 0 Å². The van der Waals surface area contributed by atoms with Gasteiger partial charge in [-0.1, -0.05) is 35.5 Å². The number of allylic oxidation sites excluding steroid dienone is 2. The summed E-state index contributed by atoms with van der Waals surface area (Å²) >= 11 is 3.35. The maximum atomic E-state index is 11.9. The Morgan fingerprint density at radius 2 is 1.32 bits per heavy atom. The molecule has 0 aliphatic carbocycles. The first kappa shape index (κ1) is 40.6. The number of nitrogens with zero attached hydrogens (tertiary/aromatic N) is 2. The van der Waals surface area contributed by atoms with Crippen LogP contribution in [-0.4, -0.2) is 88.6 Å². The largest absolute Gasteiger partial charge is 0.444 e.